The Bertz CT molecular complexity index is 1170. The first kappa shape index (κ1) is 21.9. The number of fused-ring (bicyclic) bond motifs is 3. The molecule has 4 rings (SSSR count). The SMILES string of the molecule is COc1cccc(CCC(=O)N(C)[C@H]2CCc3c(c4cc(F)ccc4n3CC(=O)O)C2)c1. The van der Waals surface area contributed by atoms with Crippen molar-refractivity contribution in [1.82, 2.24) is 9.47 Å². The molecule has 0 fully saturated rings. The quantitative estimate of drug-likeness (QED) is 0.609. The Labute approximate surface area is 186 Å². The van der Waals surface area contributed by atoms with Gasteiger partial charge in [-0.1, -0.05) is 12.1 Å². The molecule has 0 aliphatic heterocycles. The van der Waals surface area contributed by atoms with E-state index in [9.17, 15) is 19.1 Å². The molecule has 1 N–H and O–H groups in total. The van der Waals surface area contributed by atoms with Gasteiger partial charge in [0.1, 0.15) is 18.1 Å². The van der Waals surface area contributed by atoms with Gasteiger partial charge in [0.15, 0.2) is 0 Å². The summed E-state index contributed by atoms with van der Waals surface area (Å²) in [6.07, 6.45) is 3.00. The average molecular weight is 438 g/mol. The molecule has 1 aromatic heterocycles. The van der Waals surface area contributed by atoms with Crippen LogP contribution in [0.2, 0.25) is 0 Å². The maximum Gasteiger partial charge on any atom is 0.323 e. The van der Waals surface area contributed by atoms with E-state index in [1.54, 1.807) is 22.6 Å². The first-order valence-corrected chi connectivity index (χ1v) is 10.8. The van der Waals surface area contributed by atoms with E-state index in [0.717, 1.165) is 39.9 Å². The molecule has 0 bridgehead atoms. The predicted octanol–water partition coefficient (Wildman–Crippen LogP) is 3.82. The highest BCUT2D eigenvalue weighted by atomic mass is 19.1. The largest absolute Gasteiger partial charge is 0.497 e. The lowest BCUT2D eigenvalue weighted by molar-refractivity contribution is -0.137. The molecule has 0 saturated carbocycles. The Morgan fingerprint density at radius 2 is 2.06 bits per heavy atom. The number of halogens is 1. The highest BCUT2D eigenvalue weighted by Gasteiger charge is 2.30. The fraction of sp³-hybridized carbons (Fsp3) is 0.360. The average Bonchev–Trinajstić information content (AvgIpc) is 3.08. The molecule has 6 nitrogen and oxygen atoms in total. The number of aromatic nitrogens is 1. The lowest BCUT2D eigenvalue weighted by Crippen LogP contribution is -2.40. The lowest BCUT2D eigenvalue weighted by atomic mass is 9.90. The summed E-state index contributed by atoms with van der Waals surface area (Å²) in [5.41, 5.74) is 3.65. The molecule has 168 valence electrons. The third kappa shape index (κ3) is 4.33. The van der Waals surface area contributed by atoms with Crippen LogP contribution in [0.5, 0.6) is 5.75 Å². The third-order valence-electron chi connectivity index (χ3n) is 6.40. The summed E-state index contributed by atoms with van der Waals surface area (Å²) in [6, 6.07) is 12.2. The first-order valence-electron chi connectivity index (χ1n) is 10.8. The van der Waals surface area contributed by atoms with Gasteiger partial charge in [0.25, 0.3) is 0 Å². The van der Waals surface area contributed by atoms with Crippen molar-refractivity contribution in [3.05, 3.63) is 65.1 Å². The van der Waals surface area contributed by atoms with Crippen molar-refractivity contribution >= 4 is 22.8 Å². The molecule has 0 saturated heterocycles. The zero-order valence-electron chi connectivity index (χ0n) is 18.3. The van der Waals surface area contributed by atoms with Gasteiger partial charge in [-0.25, -0.2) is 4.39 Å². The number of hydrogen-bond donors (Lipinski definition) is 1. The summed E-state index contributed by atoms with van der Waals surface area (Å²) in [4.78, 5) is 26.1. The van der Waals surface area contributed by atoms with E-state index >= 15 is 0 Å². The number of hydrogen-bond acceptors (Lipinski definition) is 3. The summed E-state index contributed by atoms with van der Waals surface area (Å²) in [5.74, 6) is -0.451. The highest BCUT2D eigenvalue weighted by molar-refractivity contribution is 5.87. The van der Waals surface area contributed by atoms with Gasteiger partial charge in [0.05, 0.1) is 7.11 Å². The van der Waals surface area contributed by atoms with Crippen molar-refractivity contribution in [1.29, 1.82) is 0 Å². The minimum Gasteiger partial charge on any atom is -0.497 e. The predicted molar refractivity (Wildman–Crippen MR) is 119 cm³/mol. The van der Waals surface area contributed by atoms with Crippen LogP contribution in [-0.4, -0.2) is 46.6 Å². The second-order valence-corrected chi connectivity index (χ2v) is 8.32. The topological polar surface area (TPSA) is 71.8 Å². The first-order chi connectivity index (χ1) is 15.4. The molecule has 1 heterocycles. The molecule has 1 atom stereocenters. The molecule has 0 radical (unpaired) electrons. The monoisotopic (exact) mass is 438 g/mol. The number of methoxy groups -OCH3 is 1. The molecular weight excluding hydrogens is 411 g/mol. The van der Waals surface area contributed by atoms with Gasteiger partial charge in [-0.3, -0.25) is 9.59 Å². The Kier molecular flexibility index (Phi) is 6.17. The van der Waals surface area contributed by atoms with Crippen LogP contribution in [0.3, 0.4) is 0 Å². The van der Waals surface area contributed by atoms with E-state index in [4.69, 9.17) is 4.74 Å². The zero-order chi connectivity index (χ0) is 22.8. The van der Waals surface area contributed by atoms with Crippen LogP contribution in [0.4, 0.5) is 4.39 Å². The van der Waals surface area contributed by atoms with Gasteiger partial charge in [-0.2, -0.15) is 0 Å². The molecule has 0 unspecified atom stereocenters. The number of carboxylic acids is 1. The molecule has 2 aromatic carbocycles. The van der Waals surface area contributed by atoms with E-state index in [0.29, 0.717) is 25.7 Å². The number of ether oxygens (including phenoxy) is 1. The Morgan fingerprint density at radius 3 is 2.81 bits per heavy atom. The minimum absolute atomic E-state index is 0.00699. The number of aliphatic carboxylic acids is 1. The lowest BCUT2D eigenvalue weighted by Gasteiger charge is -2.32. The second-order valence-electron chi connectivity index (χ2n) is 8.32. The summed E-state index contributed by atoms with van der Waals surface area (Å²) >= 11 is 0. The minimum atomic E-state index is -0.930. The number of amides is 1. The standard InChI is InChI=1S/C25H27FN2O4/c1-27(24(29)11-6-16-4-3-5-19(12-16)32-2)18-8-10-23-21(14-18)20-13-17(26)7-9-22(20)28(23)15-25(30)31/h3-5,7,9,12-13,18H,6,8,10-11,14-15H2,1-2H3,(H,30,31)/t18-/m0/s1. The molecule has 3 aromatic rings. The van der Waals surface area contributed by atoms with Crippen LogP contribution < -0.4 is 4.74 Å². The molecule has 0 spiro atoms. The Balaban J connectivity index is 1.51. The van der Waals surface area contributed by atoms with Crippen LogP contribution in [0.15, 0.2) is 42.5 Å². The second kappa shape index (κ2) is 9.02. The van der Waals surface area contributed by atoms with Crippen molar-refractivity contribution in [2.24, 2.45) is 0 Å². The molecule has 1 aliphatic carbocycles. The maximum absolute atomic E-state index is 14.0. The van der Waals surface area contributed by atoms with Crippen LogP contribution >= 0.6 is 0 Å². The third-order valence-corrected chi connectivity index (χ3v) is 6.40. The molecule has 1 amide bonds. The van der Waals surface area contributed by atoms with Crippen molar-refractivity contribution in [2.75, 3.05) is 14.2 Å². The van der Waals surface area contributed by atoms with Gasteiger partial charge in [0.2, 0.25) is 5.91 Å². The summed E-state index contributed by atoms with van der Waals surface area (Å²) in [6.45, 7) is -0.155. The van der Waals surface area contributed by atoms with Crippen molar-refractivity contribution in [3.8, 4) is 5.75 Å². The van der Waals surface area contributed by atoms with Gasteiger partial charge < -0.3 is 19.3 Å². The molecule has 32 heavy (non-hydrogen) atoms. The van der Waals surface area contributed by atoms with Gasteiger partial charge >= 0.3 is 5.97 Å². The Morgan fingerprint density at radius 1 is 1.25 bits per heavy atom. The fourth-order valence-corrected chi connectivity index (χ4v) is 4.71. The van der Waals surface area contributed by atoms with Crippen LogP contribution in [0, 0.1) is 5.82 Å². The van der Waals surface area contributed by atoms with E-state index in [-0.39, 0.29) is 24.3 Å². The number of carbonyl (C=O) groups excluding carboxylic acids is 1. The van der Waals surface area contributed by atoms with Crippen LogP contribution in [0.25, 0.3) is 10.9 Å². The number of benzene rings is 2. The number of likely N-dealkylation sites (N-methyl/N-ethyl adjacent to an activating group) is 1. The summed E-state index contributed by atoms with van der Waals surface area (Å²) in [7, 11) is 3.44. The van der Waals surface area contributed by atoms with Crippen molar-refractivity contribution in [2.45, 2.75) is 44.7 Å². The summed E-state index contributed by atoms with van der Waals surface area (Å²) in [5, 5.41) is 10.1. The van der Waals surface area contributed by atoms with Gasteiger partial charge in [0, 0.05) is 36.1 Å². The number of rotatable bonds is 7. The van der Waals surface area contributed by atoms with Gasteiger partial charge in [-0.05, 0) is 67.1 Å². The van der Waals surface area contributed by atoms with Crippen molar-refractivity contribution < 1.29 is 23.8 Å². The molecule has 7 heteroatoms. The number of aryl methyl sites for hydroxylation is 1. The zero-order valence-corrected chi connectivity index (χ0v) is 18.3. The highest BCUT2D eigenvalue weighted by Crippen LogP contribution is 2.34. The van der Waals surface area contributed by atoms with E-state index < -0.39 is 5.97 Å². The van der Waals surface area contributed by atoms with E-state index in [2.05, 4.69) is 0 Å². The van der Waals surface area contributed by atoms with Crippen LogP contribution in [0.1, 0.15) is 29.7 Å². The van der Waals surface area contributed by atoms with E-state index in [1.165, 1.54) is 12.1 Å². The normalized spacial score (nSPS) is 15.4. The van der Waals surface area contributed by atoms with Crippen LogP contribution in [-0.2, 0) is 35.4 Å². The van der Waals surface area contributed by atoms with Crippen molar-refractivity contribution in [3.63, 3.8) is 0 Å². The maximum atomic E-state index is 14.0. The summed E-state index contributed by atoms with van der Waals surface area (Å²) < 4.78 is 21.0. The number of nitrogens with zero attached hydrogens (tertiary/aromatic N) is 2. The Hall–Kier alpha value is -3.35. The number of carbonyl (C=O) groups is 2. The molecular formula is C25H27FN2O4. The van der Waals surface area contributed by atoms with E-state index in [1.807, 2.05) is 31.3 Å². The van der Waals surface area contributed by atoms with Gasteiger partial charge in [-0.15, -0.1) is 0 Å². The fourth-order valence-electron chi connectivity index (χ4n) is 4.71. The number of carboxylic acid groups (broad SMARTS) is 1. The molecule has 1 aliphatic rings. The smallest absolute Gasteiger partial charge is 0.323 e.